The normalized spacial score (nSPS) is 18.0. The number of thiazole rings is 1. The van der Waals surface area contributed by atoms with Crippen LogP contribution in [-0.4, -0.2) is 176 Å². The summed E-state index contributed by atoms with van der Waals surface area (Å²) >= 11 is 1.52. The first kappa shape index (κ1) is 75.6. The van der Waals surface area contributed by atoms with Crippen LogP contribution in [0.1, 0.15) is 149 Å². The van der Waals surface area contributed by atoms with Crippen LogP contribution in [0.15, 0.2) is 121 Å². The molecule has 0 bridgehead atoms. The second kappa shape index (κ2) is 34.2. The van der Waals surface area contributed by atoms with Crippen molar-refractivity contribution in [1.29, 1.82) is 0 Å². The highest BCUT2D eigenvalue weighted by molar-refractivity contribution is 7.13. The molecule has 0 N–H and O–H groups in total. The van der Waals surface area contributed by atoms with Crippen molar-refractivity contribution in [2.24, 2.45) is 0 Å². The Kier molecular flexibility index (Phi) is 26.1. The minimum Gasteiger partial charge on any atom is -0.462 e. The molecule has 10 rings (SSSR count). The topological polar surface area (TPSA) is 145 Å². The molecule has 3 aliphatic heterocycles. The number of likely N-dealkylation sites (N-methyl/N-ethyl adjacent to an activating group) is 2. The van der Waals surface area contributed by atoms with Crippen molar-refractivity contribution in [2.45, 2.75) is 146 Å². The van der Waals surface area contributed by atoms with Gasteiger partial charge in [-0.15, -0.1) is 11.3 Å². The Hall–Kier alpha value is -7.57. The van der Waals surface area contributed by atoms with E-state index in [1.807, 2.05) is 81.4 Å². The van der Waals surface area contributed by atoms with Crippen LogP contribution in [0, 0.1) is 12.7 Å². The summed E-state index contributed by atoms with van der Waals surface area (Å²) in [6, 6.07) is 32.7. The number of ether oxygens (including phenoxy) is 3. The van der Waals surface area contributed by atoms with E-state index in [4.69, 9.17) is 14.2 Å². The Bertz CT molecular complexity index is 3660. The molecule has 3 fully saturated rings. The number of likely N-dealkylation sites (tertiary alicyclic amines) is 2. The van der Waals surface area contributed by atoms with Gasteiger partial charge in [0.1, 0.15) is 35.7 Å². The monoisotopic (exact) mass is 1400 g/mol. The fraction of sp³-hybridized carbons (Fsp3) is 0.500. The third-order valence-corrected chi connectivity index (χ3v) is 21.0. The average molecular weight is 1400 g/mol. The minimum atomic E-state index is -5.11. The van der Waals surface area contributed by atoms with Crippen LogP contribution < -0.4 is 0 Å². The van der Waals surface area contributed by atoms with E-state index in [2.05, 4.69) is 52.0 Å². The lowest BCUT2D eigenvalue weighted by atomic mass is 9.72. The Balaban J connectivity index is 0.000000233. The average Bonchev–Trinajstić information content (AvgIpc) is 1.67. The molecule has 5 aromatic carbocycles. The maximum Gasteiger partial charge on any atom is 0.416 e. The predicted molar refractivity (Wildman–Crippen MR) is 366 cm³/mol. The highest BCUT2D eigenvalue weighted by Gasteiger charge is 2.50. The summed E-state index contributed by atoms with van der Waals surface area (Å²) in [6.07, 6.45) is 0.291. The zero-order valence-electron chi connectivity index (χ0n) is 57.5. The summed E-state index contributed by atoms with van der Waals surface area (Å²) in [5, 5.41) is 1.03. The van der Waals surface area contributed by atoms with Crippen molar-refractivity contribution in [3.8, 4) is 11.1 Å². The van der Waals surface area contributed by atoms with Crippen LogP contribution in [0.3, 0.4) is 0 Å². The number of halogens is 7. The van der Waals surface area contributed by atoms with Crippen LogP contribution in [0.5, 0.6) is 0 Å². The first-order valence-electron chi connectivity index (χ1n) is 34.5. The smallest absolute Gasteiger partial charge is 0.416 e. The van der Waals surface area contributed by atoms with E-state index in [0.717, 1.165) is 128 Å². The van der Waals surface area contributed by atoms with Gasteiger partial charge in [0, 0.05) is 84.4 Å². The van der Waals surface area contributed by atoms with Gasteiger partial charge in [0.25, 0.3) is 11.8 Å². The van der Waals surface area contributed by atoms with Crippen molar-refractivity contribution >= 4 is 40.9 Å². The maximum absolute atomic E-state index is 14.0. The van der Waals surface area contributed by atoms with E-state index >= 15 is 0 Å². The molecular formula is C76H92F7N7O8S. The number of unbranched alkanes of at least 4 members (excludes halogenated alkanes) is 3. The second-order valence-electron chi connectivity index (χ2n) is 26.6. The van der Waals surface area contributed by atoms with Gasteiger partial charge < -0.3 is 43.6 Å². The fourth-order valence-electron chi connectivity index (χ4n) is 13.8. The number of benzene rings is 5. The van der Waals surface area contributed by atoms with Crippen molar-refractivity contribution in [3.63, 3.8) is 0 Å². The van der Waals surface area contributed by atoms with Crippen molar-refractivity contribution < 1.29 is 68.9 Å². The number of rotatable bonds is 26. The number of hydrogen-bond acceptors (Lipinski definition) is 12. The molecule has 0 saturated carbocycles. The number of esters is 1. The van der Waals surface area contributed by atoms with Crippen LogP contribution in [0.4, 0.5) is 30.7 Å². The first-order valence-corrected chi connectivity index (χ1v) is 35.3. The highest BCUT2D eigenvalue weighted by atomic mass is 32.1. The quantitative estimate of drug-likeness (QED) is 0.0291. The molecule has 3 saturated heterocycles. The third kappa shape index (κ3) is 19.7. The number of nitrogens with zero attached hydrogens (tertiary/aromatic N) is 7. The molecule has 4 amide bonds. The van der Waals surface area contributed by atoms with Crippen molar-refractivity contribution in [2.75, 3.05) is 99.9 Å². The van der Waals surface area contributed by atoms with Gasteiger partial charge in [0.2, 0.25) is 11.8 Å². The zero-order chi connectivity index (χ0) is 71.1. The number of aromatic nitrogens is 1. The zero-order valence-corrected chi connectivity index (χ0v) is 58.4. The van der Waals surface area contributed by atoms with Gasteiger partial charge >= 0.3 is 18.3 Å². The molecular weight excluding hydrogens is 1300 g/mol. The number of amides is 4. The molecule has 0 unspecified atom stereocenters. The number of carbonyl (C=O) groups is 5. The SMILES string of the molecule is CCCN(C)C(=O)c1sc(CCCCCCC(=O)N(C)CCN2CCC(OC(=O)Cc3ccccc3-c3ccccc3)CC2)nc1C.CCN(C)C(=O)CO[C@H]1Cc2ccccc2C12CCN(CC[C@@]1(c3ccc(F)cc3)CN(C(=O)c3cc(C(F)(F)F)cc(C(F)(F)F)c3)CO1)CC2. The largest absolute Gasteiger partial charge is 0.462 e. The number of alkyl halides is 6. The molecule has 4 aliphatic rings. The number of carbonyl (C=O) groups excluding carboxylic acids is 5. The van der Waals surface area contributed by atoms with E-state index < -0.39 is 53.1 Å². The summed E-state index contributed by atoms with van der Waals surface area (Å²) in [5.74, 6) is -1.55. The molecule has 4 heterocycles. The molecule has 2 atom stereocenters. The molecule has 0 radical (unpaired) electrons. The standard InChI is InChI=1S/C38H40F7N3O4.C38H52N4O4S/c1-3-46(2)33(49)22-51-32-20-25-6-4-5-7-31(25)35(32)12-15-47(16-13-35)17-14-36(27-8-10-30(39)11-9-27)23-48(24-52-36)34(50)26-18-28(37(40,41)42)21-29(19-26)38(43,44)45;1-5-23-41(4)38(45)37-29(2)39-34(47-37)19-11-6-7-12-20-35(43)40(3)26-27-42-24-21-32(22-25-42)46-36(44)28-31-17-13-14-18-33(31)30-15-9-8-10-16-30/h4-11,18-19,21,32H,3,12-17,20,22-24H2,1-2H3;8-10,13-18,32H,5-7,11-12,19-28H2,1-4H3/t32-,36-;/m0./s1. The fourth-order valence-corrected chi connectivity index (χ4v) is 14.9. The Morgan fingerprint density at radius 1 is 0.717 bits per heavy atom. The summed E-state index contributed by atoms with van der Waals surface area (Å²) in [6.45, 7) is 11.7. The summed E-state index contributed by atoms with van der Waals surface area (Å²) in [4.78, 5) is 80.6. The molecule has 1 aromatic heterocycles. The lowest BCUT2D eigenvalue weighted by Gasteiger charge is -2.44. The van der Waals surface area contributed by atoms with Gasteiger partial charge in [-0.05, 0) is 155 Å². The highest BCUT2D eigenvalue weighted by Crippen LogP contribution is 2.49. The van der Waals surface area contributed by atoms with E-state index in [-0.39, 0.29) is 67.0 Å². The van der Waals surface area contributed by atoms with Gasteiger partial charge in [-0.3, -0.25) is 24.0 Å². The third-order valence-electron chi connectivity index (χ3n) is 19.8. The van der Waals surface area contributed by atoms with Crippen LogP contribution >= 0.6 is 11.3 Å². The van der Waals surface area contributed by atoms with Gasteiger partial charge in [-0.2, -0.15) is 26.3 Å². The van der Waals surface area contributed by atoms with E-state index in [1.54, 1.807) is 16.8 Å². The van der Waals surface area contributed by atoms with Crippen LogP contribution in [-0.2, 0) is 71.2 Å². The lowest BCUT2D eigenvalue weighted by Crippen LogP contribution is -2.49. The van der Waals surface area contributed by atoms with Crippen LogP contribution in [0.25, 0.3) is 11.1 Å². The molecule has 534 valence electrons. The Morgan fingerprint density at radius 2 is 1.36 bits per heavy atom. The van der Waals surface area contributed by atoms with Gasteiger partial charge in [-0.1, -0.05) is 111 Å². The summed E-state index contributed by atoms with van der Waals surface area (Å²) in [5.41, 5.74) is 1.49. The minimum absolute atomic E-state index is 0.0147. The lowest BCUT2D eigenvalue weighted by molar-refractivity contribution is -0.150. The maximum atomic E-state index is 14.0. The van der Waals surface area contributed by atoms with Crippen LogP contribution in [0.2, 0.25) is 0 Å². The molecule has 23 heteroatoms. The van der Waals surface area contributed by atoms with E-state index in [9.17, 15) is 54.7 Å². The number of aryl methyl sites for hydroxylation is 2. The van der Waals surface area contributed by atoms with Crippen molar-refractivity contribution in [3.05, 3.63) is 182 Å². The molecule has 15 nitrogen and oxygen atoms in total. The van der Waals surface area contributed by atoms with E-state index in [0.29, 0.717) is 69.7 Å². The summed E-state index contributed by atoms with van der Waals surface area (Å²) < 4.78 is 114. The molecule has 1 spiro atoms. The van der Waals surface area contributed by atoms with Crippen molar-refractivity contribution in [1.82, 2.24) is 34.4 Å². The number of piperidine rings is 2. The Labute approximate surface area is 580 Å². The summed E-state index contributed by atoms with van der Waals surface area (Å²) in [7, 11) is 5.48. The van der Waals surface area contributed by atoms with Gasteiger partial charge in [-0.25, -0.2) is 9.37 Å². The number of hydrogen-bond donors (Lipinski definition) is 0. The molecule has 99 heavy (non-hydrogen) atoms. The Morgan fingerprint density at radius 3 is 2.04 bits per heavy atom. The number of fused-ring (bicyclic) bond motifs is 2. The predicted octanol–water partition coefficient (Wildman–Crippen LogP) is 13.8. The molecule has 6 aromatic rings. The van der Waals surface area contributed by atoms with Gasteiger partial charge in [0.15, 0.2) is 0 Å². The van der Waals surface area contributed by atoms with Gasteiger partial charge in [0.05, 0.1) is 40.9 Å². The van der Waals surface area contributed by atoms with E-state index in [1.165, 1.54) is 46.7 Å². The second-order valence-corrected chi connectivity index (χ2v) is 27.7. The molecule has 1 aliphatic carbocycles. The first-order chi connectivity index (χ1) is 47.3.